The van der Waals surface area contributed by atoms with Crippen LogP contribution in [0.15, 0.2) is 73.1 Å². The molecule has 0 saturated heterocycles. The summed E-state index contributed by atoms with van der Waals surface area (Å²) in [7, 11) is 0. The first-order valence-corrected chi connectivity index (χ1v) is 15.3. The summed E-state index contributed by atoms with van der Waals surface area (Å²) in [5, 5.41) is 33.8. The molecule has 1 aliphatic rings. The summed E-state index contributed by atoms with van der Waals surface area (Å²) in [6.07, 6.45) is 3.98. The first-order chi connectivity index (χ1) is 22.7. The number of carboxylic acids is 1. The van der Waals surface area contributed by atoms with Gasteiger partial charge in [0.1, 0.15) is 48.2 Å². The molecule has 1 aromatic heterocycles. The Kier molecular flexibility index (Phi) is 10.7. The fourth-order valence-electron chi connectivity index (χ4n) is 5.40. The molecule has 0 fully saturated rings. The summed E-state index contributed by atoms with van der Waals surface area (Å²) in [6.45, 7) is 0.795. The number of aliphatic hydroxyl groups excluding tert-OH is 1. The lowest BCUT2D eigenvalue weighted by Crippen LogP contribution is -2.50. The first-order valence-electron chi connectivity index (χ1n) is 14.9. The van der Waals surface area contributed by atoms with Gasteiger partial charge in [0.25, 0.3) is 0 Å². The minimum Gasteiger partial charge on any atom is -0.488 e. The maximum Gasteiger partial charge on any atom is 0.325 e. The van der Waals surface area contributed by atoms with Gasteiger partial charge in [0.05, 0.1) is 17.2 Å². The van der Waals surface area contributed by atoms with E-state index in [9.17, 15) is 24.3 Å². The Bertz CT molecular complexity index is 1830. The quantitative estimate of drug-likeness (QED) is 0.154. The van der Waals surface area contributed by atoms with Gasteiger partial charge in [-0.1, -0.05) is 48.0 Å². The highest BCUT2D eigenvalue weighted by atomic mass is 35.5. The smallest absolute Gasteiger partial charge is 0.325 e. The van der Waals surface area contributed by atoms with Crippen LogP contribution in [0.5, 0.6) is 11.5 Å². The molecule has 0 spiro atoms. The molecule has 47 heavy (non-hydrogen) atoms. The molecule has 12 heteroatoms. The Balaban J connectivity index is 1.41. The fraction of sp³-hybridized carbons (Fsp3) is 0.257. The standard InChI is InChI=1S/C35H32ClFN4O6/c1-20(35(44)45)41-34(43)30(18-42)40-17-23-12-28(36)33(13-32(23)46-19-22-11-21(14-38)15-39-16-22)47-31-10-9-25-24(6-4-7-27(25)31)26-5-2-3-8-29(26)37/h2-8,11-13,15-16,20,30-31,40,42H,9-10,17-19H2,1H3,(H,41,43)(H,44,45)/t20-,30-,31-/m0/s1. The van der Waals surface area contributed by atoms with Gasteiger partial charge in [-0.2, -0.15) is 5.26 Å². The molecule has 0 unspecified atom stereocenters. The van der Waals surface area contributed by atoms with Crippen LogP contribution in [0.2, 0.25) is 5.02 Å². The first kappa shape index (κ1) is 33.3. The van der Waals surface area contributed by atoms with Gasteiger partial charge in [-0.05, 0) is 54.7 Å². The molecule has 1 aliphatic carbocycles. The highest BCUT2D eigenvalue weighted by Crippen LogP contribution is 2.43. The Morgan fingerprint density at radius 2 is 1.91 bits per heavy atom. The molecule has 3 aromatic carbocycles. The normalized spacial score (nSPS) is 14.8. The number of aliphatic hydroxyl groups is 1. The van der Waals surface area contributed by atoms with Crippen LogP contribution in [0.25, 0.3) is 11.1 Å². The summed E-state index contributed by atoms with van der Waals surface area (Å²) in [6, 6.07) is 17.1. The number of ether oxygens (including phenoxy) is 2. The van der Waals surface area contributed by atoms with E-state index < -0.39 is 30.6 Å². The number of fused-ring (bicyclic) bond motifs is 1. The zero-order chi connectivity index (χ0) is 33.5. The summed E-state index contributed by atoms with van der Waals surface area (Å²) in [4.78, 5) is 27.8. The van der Waals surface area contributed by atoms with Crippen LogP contribution < -0.4 is 20.1 Å². The molecule has 0 radical (unpaired) electrons. The van der Waals surface area contributed by atoms with Crippen LogP contribution in [0.3, 0.4) is 0 Å². The molecule has 3 atom stereocenters. The van der Waals surface area contributed by atoms with E-state index in [2.05, 4.69) is 15.6 Å². The van der Waals surface area contributed by atoms with Gasteiger partial charge in [-0.15, -0.1) is 0 Å². The maximum atomic E-state index is 14.7. The molecule has 242 valence electrons. The number of nitriles is 1. The Morgan fingerprint density at radius 1 is 1.13 bits per heavy atom. The highest BCUT2D eigenvalue weighted by molar-refractivity contribution is 6.32. The van der Waals surface area contributed by atoms with Crippen molar-refractivity contribution in [3.8, 4) is 28.7 Å². The minimum atomic E-state index is -1.21. The van der Waals surface area contributed by atoms with E-state index in [-0.39, 0.29) is 30.1 Å². The van der Waals surface area contributed by atoms with Gasteiger partial charge in [0, 0.05) is 41.7 Å². The number of carboxylic acid groups (broad SMARTS) is 1. The second-order valence-electron chi connectivity index (χ2n) is 11.1. The molecular formula is C35H32ClFN4O6. The second kappa shape index (κ2) is 15.0. The Labute approximate surface area is 275 Å². The van der Waals surface area contributed by atoms with Crippen molar-refractivity contribution in [3.63, 3.8) is 0 Å². The van der Waals surface area contributed by atoms with Gasteiger partial charge in [-0.25, -0.2) is 4.39 Å². The second-order valence-corrected chi connectivity index (χ2v) is 11.5. The van der Waals surface area contributed by atoms with Gasteiger partial charge in [0.15, 0.2) is 0 Å². The van der Waals surface area contributed by atoms with Crippen molar-refractivity contribution in [2.24, 2.45) is 0 Å². The third kappa shape index (κ3) is 7.86. The van der Waals surface area contributed by atoms with Gasteiger partial charge in [0.2, 0.25) is 5.91 Å². The number of hydrogen-bond acceptors (Lipinski definition) is 8. The highest BCUT2D eigenvalue weighted by Gasteiger charge is 2.29. The number of pyridine rings is 1. The SMILES string of the molecule is C[C@H](NC(=O)[C@H](CO)NCc1cc(Cl)c(O[C@H]2CCc3c(-c4ccccc4F)cccc32)cc1OCc1cncc(C#N)c1)C(=O)O. The van der Waals surface area contributed by atoms with Crippen LogP contribution in [-0.2, 0) is 29.2 Å². The van der Waals surface area contributed by atoms with Crippen LogP contribution in [-0.4, -0.2) is 45.8 Å². The number of carbonyl (C=O) groups excluding carboxylic acids is 1. The average molecular weight is 659 g/mol. The number of aliphatic carboxylic acids is 1. The van der Waals surface area contributed by atoms with Crippen molar-refractivity contribution in [1.29, 1.82) is 5.26 Å². The Morgan fingerprint density at radius 3 is 2.66 bits per heavy atom. The number of nitrogens with one attached hydrogen (secondary N) is 2. The minimum absolute atomic E-state index is 0.0180. The van der Waals surface area contributed by atoms with Crippen LogP contribution in [0.4, 0.5) is 4.39 Å². The number of rotatable bonds is 13. The molecule has 0 aliphatic heterocycles. The average Bonchev–Trinajstić information content (AvgIpc) is 3.48. The number of amides is 1. The largest absolute Gasteiger partial charge is 0.488 e. The summed E-state index contributed by atoms with van der Waals surface area (Å²) in [5.74, 6) is -1.50. The van der Waals surface area contributed by atoms with E-state index in [0.29, 0.717) is 46.6 Å². The monoisotopic (exact) mass is 658 g/mol. The van der Waals surface area contributed by atoms with E-state index in [1.165, 1.54) is 19.2 Å². The molecule has 1 amide bonds. The maximum absolute atomic E-state index is 14.7. The van der Waals surface area contributed by atoms with Crippen molar-refractivity contribution in [1.82, 2.24) is 15.6 Å². The molecule has 0 bridgehead atoms. The lowest BCUT2D eigenvalue weighted by atomic mass is 9.96. The molecule has 0 saturated carbocycles. The summed E-state index contributed by atoms with van der Waals surface area (Å²) < 4.78 is 27.3. The molecule has 1 heterocycles. The van der Waals surface area contributed by atoms with E-state index in [0.717, 1.165) is 16.7 Å². The van der Waals surface area contributed by atoms with Crippen LogP contribution >= 0.6 is 11.6 Å². The number of nitrogens with zero attached hydrogens (tertiary/aromatic N) is 2. The third-order valence-corrected chi connectivity index (χ3v) is 8.14. The molecule has 4 aromatic rings. The number of hydrogen-bond donors (Lipinski definition) is 4. The molecule has 4 N–H and O–H groups in total. The van der Waals surface area contributed by atoms with E-state index in [4.69, 9.17) is 26.2 Å². The van der Waals surface area contributed by atoms with Crippen molar-refractivity contribution < 1.29 is 33.7 Å². The van der Waals surface area contributed by atoms with Crippen LogP contribution in [0.1, 0.15) is 47.3 Å². The molecular weight excluding hydrogens is 627 g/mol. The van der Waals surface area contributed by atoms with E-state index in [1.54, 1.807) is 42.6 Å². The lowest BCUT2D eigenvalue weighted by molar-refractivity contribution is -0.141. The topological polar surface area (TPSA) is 154 Å². The predicted molar refractivity (Wildman–Crippen MR) is 171 cm³/mol. The van der Waals surface area contributed by atoms with Crippen molar-refractivity contribution in [2.45, 2.75) is 51.1 Å². The number of benzene rings is 3. The van der Waals surface area contributed by atoms with E-state index in [1.807, 2.05) is 24.3 Å². The van der Waals surface area contributed by atoms with Gasteiger partial charge < -0.3 is 25.0 Å². The zero-order valence-electron chi connectivity index (χ0n) is 25.4. The predicted octanol–water partition coefficient (Wildman–Crippen LogP) is 5.10. The van der Waals surface area contributed by atoms with Crippen LogP contribution in [0, 0.1) is 17.1 Å². The number of halogens is 2. The molecule has 5 rings (SSSR count). The fourth-order valence-corrected chi connectivity index (χ4v) is 5.63. The van der Waals surface area contributed by atoms with Crippen molar-refractivity contribution in [2.75, 3.05) is 6.61 Å². The summed E-state index contributed by atoms with van der Waals surface area (Å²) in [5.41, 5.74) is 4.82. The van der Waals surface area contributed by atoms with E-state index >= 15 is 0 Å². The van der Waals surface area contributed by atoms with Crippen molar-refractivity contribution >= 4 is 23.5 Å². The van der Waals surface area contributed by atoms with Gasteiger partial charge >= 0.3 is 5.97 Å². The Hall–Kier alpha value is -5.02. The summed E-state index contributed by atoms with van der Waals surface area (Å²) >= 11 is 6.73. The lowest BCUT2D eigenvalue weighted by Gasteiger charge is -2.21. The van der Waals surface area contributed by atoms with Crippen molar-refractivity contribution in [3.05, 3.63) is 112 Å². The number of carbonyl (C=O) groups is 2. The molecule has 10 nitrogen and oxygen atoms in total. The zero-order valence-corrected chi connectivity index (χ0v) is 26.1. The van der Waals surface area contributed by atoms with Gasteiger partial charge in [-0.3, -0.25) is 19.9 Å². The number of aromatic nitrogens is 1. The third-order valence-electron chi connectivity index (χ3n) is 7.85.